The van der Waals surface area contributed by atoms with Gasteiger partial charge in [0.2, 0.25) is 11.9 Å². The second kappa shape index (κ2) is 5.84. The maximum atomic E-state index is 5.62. The van der Waals surface area contributed by atoms with Crippen LogP contribution in [0.1, 0.15) is 25.7 Å². The Morgan fingerprint density at radius 1 is 1.28 bits per heavy atom. The van der Waals surface area contributed by atoms with Crippen molar-refractivity contribution in [1.29, 1.82) is 0 Å². The molecule has 1 fully saturated rings. The van der Waals surface area contributed by atoms with Gasteiger partial charge in [-0.1, -0.05) is 19.3 Å². The third kappa shape index (κ3) is 3.21. The molecule has 1 aliphatic carbocycles. The second-order valence-electron chi connectivity index (χ2n) is 4.82. The Labute approximate surface area is 108 Å². The van der Waals surface area contributed by atoms with Gasteiger partial charge in [0.1, 0.15) is 0 Å². The predicted octanol–water partition coefficient (Wildman–Crippen LogP) is 1.55. The van der Waals surface area contributed by atoms with E-state index in [2.05, 4.69) is 20.3 Å². The van der Waals surface area contributed by atoms with Crippen molar-refractivity contribution < 1.29 is 4.74 Å². The molecule has 18 heavy (non-hydrogen) atoms. The van der Waals surface area contributed by atoms with Crippen LogP contribution in [0.4, 0.5) is 11.9 Å². The highest BCUT2D eigenvalue weighted by Crippen LogP contribution is 2.29. The monoisotopic (exact) mass is 251 g/mol. The number of ether oxygens (including phenoxy) is 1. The van der Waals surface area contributed by atoms with Gasteiger partial charge in [-0.2, -0.15) is 15.0 Å². The Bertz CT molecular complexity index is 392. The van der Waals surface area contributed by atoms with Crippen molar-refractivity contribution in [3.63, 3.8) is 0 Å². The Kier molecular flexibility index (Phi) is 4.17. The van der Waals surface area contributed by atoms with E-state index in [9.17, 15) is 0 Å². The van der Waals surface area contributed by atoms with Gasteiger partial charge in [0.05, 0.1) is 6.61 Å². The molecule has 0 bridgehead atoms. The van der Waals surface area contributed by atoms with Gasteiger partial charge < -0.3 is 15.0 Å². The fraction of sp³-hybridized carbons (Fsp3) is 0.750. The van der Waals surface area contributed by atoms with Gasteiger partial charge in [0.15, 0.2) is 0 Å². The smallest absolute Gasteiger partial charge is 0.323 e. The van der Waals surface area contributed by atoms with E-state index >= 15 is 0 Å². The van der Waals surface area contributed by atoms with Crippen molar-refractivity contribution in [2.24, 2.45) is 5.92 Å². The SMILES string of the molecule is CNc1nc(OCCC2CCC2)nc(N(C)C)n1. The van der Waals surface area contributed by atoms with Crippen LogP contribution in [0.15, 0.2) is 0 Å². The summed E-state index contributed by atoms with van der Waals surface area (Å²) >= 11 is 0. The molecule has 0 atom stereocenters. The van der Waals surface area contributed by atoms with Gasteiger partial charge >= 0.3 is 6.01 Å². The Balaban J connectivity index is 1.94. The van der Waals surface area contributed by atoms with Crippen LogP contribution in [0.3, 0.4) is 0 Å². The zero-order valence-corrected chi connectivity index (χ0v) is 11.3. The maximum Gasteiger partial charge on any atom is 0.323 e. The van der Waals surface area contributed by atoms with E-state index in [-0.39, 0.29) is 0 Å². The van der Waals surface area contributed by atoms with Gasteiger partial charge in [-0.3, -0.25) is 0 Å². The van der Waals surface area contributed by atoms with Gasteiger partial charge in [-0.15, -0.1) is 0 Å². The van der Waals surface area contributed by atoms with Crippen LogP contribution in [0, 0.1) is 5.92 Å². The largest absolute Gasteiger partial charge is 0.463 e. The zero-order chi connectivity index (χ0) is 13.0. The van der Waals surface area contributed by atoms with E-state index in [0.717, 1.165) is 12.3 Å². The van der Waals surface area contributed by atoms with Crippen molar-refractivity contribution in [3.05, 3.63) is 0 Å². The maximum absolute atomic E-state index is 5.62. The van der Waals surface area contributed by atoms with Gasteiger partial charge in [-0.05, 0) is 12.3 Å². The third-order valence-corrected chi connectivity index (χ3v) is 3.21. The number of nitrogens with one attached hydrogen (secondary N) is 1. The van der Waals surface area contributed by atoms with E-state index < -0.39 is 0 Å². The Morgan fingerprint density at radius 3 is 2.61 bits per heavy atom. The Hall–Kier alpha value is -1.59. The van der Waals surface area contributed by atoms with Crippen LogP contribution >= 0.6 is 0 Å². The number of nitrogens with zero attached hydrogens (tertiary/aromatic N) is 4. The summed E-state index contributed by atoms with van der Waals surface area (Å²) in [6.07, 6.45) is 5.14. The summed E-state index contributed by atoms with van der Waals surface area (Å²) in [5.74, 6) is 1.98. The molecule has 0 unspecified atom stereocenters. The third-order valence-electron chi connectivity index (χ3n) is 3.21. The molecule has 1 N–H and O–H groups in total. The molecule has 1 aromatic heterocycles. The van der Waals surface area contributed by atoms with Crippen molar-refractivity contribution in [1.82, 2.24) is 15.0 Å². The minimum absolute atomic E-state index is 0.400. The van der Waals surface area contributed by atoms with E-state index in [1.54, 1.807) is 7.05 Å². The molecule has 1 heterocycles. The minimum Gasteiger partial charge on any atom is -0.463 e. The van der Waals surface area contributed by atoms with Gasteiger partial charge in [-0.25, -0.2) is 0 Å². The first kappa shape index (κ1) is 12.9. The zero-order valence-electron chi connectivity index (χ0n) is 11.3. The molecule has 1 saturated carbocycles. The molecule has 1 aliphatic rings. The lowest BCUT2D eigenvalue weighted by molar-refractivity contribution is 0.212. The summed E-state index contributed by atoms with van der Waals surface area (Å²) in [6, 6.07) is 0.400. The number of aromatic nitrogens is 3. The van der Waals surface area contributed by atoms with E-state index in [1.165, 1.54) is 19.3 Å². The summed E-state index contributed by atoms with van der Waals surface area (Å²) in [7, 11) is 5.58. The summed E-state index contributed by atoms with van der Waals surface area (Å²) in [4.78, 5) is 14.5. The lowest BCUT2D eigenvalue weighted by Gasteiger charge is -2.24. The van der Waals surface area contributed by atoms with Crippen LogP contribution in [-0.4, -0.2) is 42.7 Å². The van der Waals surface area contributed by atoms with E-state index in [4.69, 9.17) is 4.74 Å². The number of hydrogen-bond acceptors (Lipinski definition) is 6. The fourth-order valence-corrected chi connectivity index (χ4v) is 1.82. The first-order chi connectivity index (χ1) is 8.69. The molecule has 1 aromatic rings. The molecule has 2 rings (SSSR count). The first-order valence-corrected chi connectivity index (χ1v) is 6.43. The molecule has 0 amide bonds. The number of hydrogen-bond donors (Lipinski definition) is 1. The average molecular weight is 251 g/mol. The highest BCUT2D eigenvalue weighted by molar-refractivity contribution is 5.36. The van der Waals surface area contributed by atoms with E-state index in [1.807, 2.05) is 19.0 Å². The lowest BCUT2D eigenvalue weighted by Crippen LogP contribution is -2.17. The van der Waals surface area contributed by atoms with Crippen molar-refractivity contribution >= 4 is 11.9 Å². The molecular weight excluding hydrogens is 230 g/mol. The molecule has 100 valence electrons. The molecule has 0 aliphatic heterocycles. The highest BCUT2D eigenvalue weighted by atomic mass is 16.5. The van der Waals surface area contributed by atoms with Crippen LogP contribution < -0.4 is 15.0 Å². The first-order valence-electron chi connectivity index (χ1n) is 6.43. The van der Waals surface area contributed by atoms with Crippen LogP contribution in [-0.2, 0) is 0 Å². The molecule has 0 spiro atoms. The molecular formula is C12H21N5O. The summed E-state index contributed by atoms with van der Waals surface area (Å²) in [5.41, 5.74) is 0. The average Bonchev–Trinajstić information content (AvgIpc) is 2.31. The van der Waals surface area contributed by atoms with Crippen molar-refractivity contribution in [2.75, 3.05) is 38.0 Å². The van der Waals surface area contributed by atoms with Crippen LogP contribution in [0.25, 0.3) is 0 Å². The molecule has 6 nitrogen and oxygen atoms in total. The normalized spacial score (nSPS) is 15.1. The highest BCUT2D eigenvalue weighted by Gasteiger charge is 2.17. The molecule has 0 radical (unpaired) electrons. The molecule has 0 saturated heterocycles. The predicted molar refractivity (Wildman–Crippen MR) is 71.2 cm³/mol. The standard InChI is InChI=1S/C12H21N5O/c1-13-10-14-11(17(2)3)16-12(15-10)18-8-7-9-5-4-6-9/h9H,4-8H2,1-3H3,(H,13,14,15,16). The second-order valence-corrected chi connectivity index (χ2v) is 4.82. The molecule has 6 heteroatoms. The Morgan fingerprint density at radius 2 is 2.06 bits per heavy atom. The minimum atomic E-state index is 0.400. The van der Waals surface area contributed by atoms with Crippen molar-refractivity contribution in [3.8, 4) is 6.01 Å². The van der Waals surface area contributed by atoms with Crippen molar-refractivity contribution in [2.45, 2.75) is 25.7 Å². The van der Waals surface area contributed by atoms with Crippen LogP contribution in [0.5, 0.6) is 6.01 Å². The number of rotatable bonds is 6. The summed E-state index contributed by atoms with van der Waals surface area (Å²) in [5, 5.41) is 2.92. The topological polar surface area (TPSA) is 63.2 Å². The fourth-order valence-electron chi connectivity index (χ4n) is 1.82. The van der Waals surface area contributed by atoms with E-state index in [0.29, 0.717) is 24.5 Å². The molecule has 0 aromatic carbocycles. The lowest BCUT2D eigenvalue weighted by atomic mass is 9.83. The quantitative estimate of drug-likeness (QED) is 0.827. The van der Waals surface area contributed by atoms with Crippen LogP contribution in [0.2, 0.25) is 0 Å². The summed E-state index contributed by atoms with van der Waals surface area (Å²) in [6.45, 7) is 0.685. The number of anilines is 2. The van der Waals surface area contributed by atoms with Gasteiger partial charge in [0, 0.05) is 21.1 Å². The summed E-state index contributed by atoms with van der Waals surface area (Å²) < 4.78 is 5.62. The van der Waals surface area contributed by atoms with Gasteiger partial charge in [0.25, 0.3) is 0 Å².